The fraction of sp³-hybridized carbons (Fsp3) is 0.158. The molecule has 0 aliphatic rings. The smallest absolute Gasteiger partial charge is 0.173 e. The number of nitrogens with one attached hydrogen (secondary N) is 2. The molecule has 0 saturated heterocycles. The third-order valence-electron chi connectivity index (χ3n) is 3.78. The minimum absolute atomic E-state index is 0.492. The summed E-state index contributed by atoms with van der Waals surface area (Å²) in [7, 11) is 0. The molecular formula is C19H18Cl2N4S. The predicted octanol–water partition coefficient (Wildman–Crippen LogP) is 4.77. The molecule has 0 atom stereocenters. The number of nitrogens with zero attached hydrogens (tertiary/aromatic N) is 2. The van der Waals surface area contributed by atoms with Crippen molar-refractivity contribution in [3.05, 3.63) is 82.0 Å². The van der Waals surface area contributed by atoms with Crippen molar-refractivity contribution in [3.8, 4) is 0 Å². The normalized spacial score (nSPS) is 10.5. The van der Waals surface area contributed by atoms with Crippen LogP contribution in [0.25, 0.3) is 0 Å². The van der Waals surface area contributed by atoms with E-state index in [-0.39, 0.29) is 0 Å². The molecule has 0 aliphatic carbocycles. The Morgan fingerprint density at radius 2 is 1.73 bits per heavy atom. The topological polar surface area (TPSA) is 41.9 Å². The van der Waals surface area contributed by atoms with Crippen molar-refractivity contribution in [2.24, 2.45) is 0 Å². The molecule has 7 heteroatoms. The van der Waals surface area contributed by atoms with Crippen molar-refractivity contribution in [2.75, 3.05) is 11.9 Å². The Morgan fingerprint density at radius 1 is 1.00 bits per heavy atom. The average molecular weight is 405 g/mol. The molecule has 4 nitrogen and oxygen atoms in total. The number of rotatable bonds is 6. The second kappa shape index (κ2) is 9.03. The minimum Gasteiger partial charge on any atom is -0.362 e. The van der Waals surface area contributed by atoms with Gasteiger partial charge in [-0.3, -0.25) is 4.68 Å². The van der Waals surface area contributed by atoms with E-state index in [2.05, 4.69) is 27.9 Å². The molecule has 0 unspecified atom stereocenters. The summed E-state index contributed by atoms with van der Waals surface area (Å²) in [6, 6.07) is 17.9. The van der Waals surface area contributed by atoms with Gasteiger partial charge in [0.05, 0.1) is 6.54 Å². The average Bonchev–Trinajstić information content (AvgIpc) is 2.97. The number of thiocarbonyl (C=S) groups is 1. The largest absolute Gasteiger partial charge is 0.362 e. The molecular weight excluding hydrogens is 387 g/mol. The molecule has 0 radical (unpaired) electrons. The Morgan fingerprint density at radius 3 is 2.50 bits per heavy atom. The molecule has 2 N–H and O–H groups in total. The molecule has 1 aromatic heterocycles. The molecule has 134 valence electrons. The van der Waals surface area contributed by atoms with Crippen LogP contribution in [0.2, 0.25) is 10.0 Å². The van der Waals surface area contributed by atoms with Crippen molar-refractivity contribution in [3.63, 3.8) is 0 Å². The highest BCUT2D eigenvalue weighted by Crippen LogP contribution is 2.22. The Labute approximate surface area is 168 Å². The van der Waals surface area contributed by atoms with Gasteiger partial charge < -0.3 is 10.6 Å². The van der Waals surface area contributed by atoms with Crippen LogP contribution in [0.1, 0.15) is 11.1 Å². The number of anilines is 1. The van der Waals surface area contributed by atoms with Crippen LogP contribution in [0.3, 0.4) is 0 Å². The zero-order chi connectivity index (χ0) is 18.4. The van der Waals surface area contributed by atoms with Crippen LogP contribution in [-0.2, 0) is 13.0 Å². The Kier molecular flexibility index (Phi) is 6.50. The van der Waals surface area contributed by atoms with Gasteiger partial charge in [0.25, 0.3) is 0 Å². The maximum Gasteiger partial charge on any atom is 0.173 e. The lowest BCUT2D eigenvalue weighted by molar-refractivity contribution is 0.690. The third-order valence-corrected chi connectivity index (χ3v) is 4.67. The van der Waals surface area contributed by atoms with Crippen molar-refractivity contribution >= 4 is 46.4 Å². The highest BCUT2D eigenvalue weighted by Gasteiger charge is 2.10. The van der Waals surface area contributed by atoms with E-state index < -0.39 is 0 Å². The van der Waals surface area contributed by atoms with Gasteiger partial charge in [-0.2, -0.15) is 5.10 Å². The van der Waals surface area contributed by atoms with Crippen molar-refractivity contribution in [1.82, 2.24) is 15.1 Å². The van der Waals surface area contributed by atoms with E-state index in [0.29, 0.717) is 27.5 Å². The fourth-order valence-electron chi connectivity index (χ4n) is 2.48. The van der Waals surface area contributed by atoms with E-state index in [1.165, 1.54) is 5.56 Å². The molecule has 3 rings (SSSR count). The third kappa shape index (κ3) is 5.21. The van der Waals surface area contributed by atoms with E-state index in [9.17, 15) is 0 Å². The van der Waals surface area contributed by atoms with Crippen LogP contribution < -0.4 is 10.6 Å². The van der Waals surface area contributed by atoms with E-state index in [0.717, 1.165) is 18.5 Å². The molecule has 0 spiro atoms. The van der Waals surface area contributed by atoms with Crippen LogP contribution in [0.15, 0.2) is 60.8 Å². The first kappa shape index (κ1) is 18.7. The second-order valence-electron chi connectivity index (χ2n) is 5.73. The Bertz CT molecular complexity index is 880. The number of halogens is 2. The minimum atomic E-state index is 0.492. The monoisotopic (exact) mass is 404 g/mol. The lowest BCUT2D eigenvalue weighted by Gasteiger charge is -2.09. The predicted molar refractivity (Wildman–Crippen MR) is 112 cm³/mol. The maximum absolute atomic E-state index is 6.26. The lowest BCUT2D eigenvalue weighted by atomic mass is 10.1. The zero-order valence-electron chi connectivity index (χ0n) is 14.0. The van der Waals surface area contributed by atoms with Gasteiger partial charge in [-0.25, -0.2) is 0 Å². The fourth-order valence-corrected chi connectivity index (χ4v) is 3.07. The zero-order valence-corrected chi connectivity index (χ0v) is 16.3. The molecule has 0 aliphatic heterocycles. The number of hydrogen-bond donors (Lipinski definition) is 2. The van der Waals surface area contributed by atoms with Crippen LogP contribution in [0, 0.1) is 0 Å². The van der Waals surface area contributed by atoms with E-state index in [1.54, 1.807) is 10.9 Å². The van der Waals surface area contributed by atoms with Crippen LogP contribution in [0.5, 0.6) is 0 Å². The molecule has 3 aromatic rings. The van der Waals surface area contributed by atoms with Crippen molar-refractivity contribution < 1.29 is 0 Å². The molecule has 2 aromatic carbocycles. The summed E-state index contributed by atoms with van der Waals surface area (Å²) >= 11 is 17.8. The van der Waals surface area contributed by atoms with Gasteiger partial charge in [0.1, 0.15) is 5.02 Å². The molecule has 26 heavy (non-hydrogen) atoms. The Hall–Kier alpha value is -2.08. The van der Waals surface area contributed by atoms with Gasteiger partial charge in [-0.15, -0.1) is 0 Å². The summed E-state index contributed by atoms with van der Waals surface area (Å²) in [5.74, 6) is 0.524. The molecule has 0 saturated carbocycles. The molecule has 0 amide bonds. The molecule has 0 bridgehead atoms. The maximum atomic E-state index is 6.26. The quantitative estimate of drug-likeness (QED) is 0.580. The van der Waals surface area contributed by atoms with Crippen molar-refractivity contribution in [2.45, 2.75) is 13.0 Å². The standard InChI is InChI=1S/C19H18Cl2N4S/c20-16-9-5-4-8-15(16)12-25-13-17(21)18(24-25)23-19(26)22-11-10-14-6-2-1-3-7-14/h1-9,13H,10-12H2,(H2,22,23,24,26). The summed E-state index contributed by atoms with van der Waals surface area (Å²) < 4.78 is 1.73. The number of aromatic nitrogens is 2. The first-order chi connectivity index (χ1) is 12.6. The van der Waals surface area contributed by atoms with Crippen LogP contribution in [0.4, 0.5) is 5.82 Å². The van der Waals surface area contributed by atoms with Crippen molar-refractivity contribution in [1.29, 1.82) is 0 Å². The van der Waals surface area contributed by atoms with Gasteiger partial charge in [-0.1, -0.05) is 71.7 Å². The summed E-state index contributed by atoms with van der Waals surface area (Å²) in [6.07, 6.45) is 2.64. The first-order valence-electron chi connectivity index (χ1n) is 8.17. The summed E-state index contributed by atoms with van der Waals surface area (Å²) in [4.78, 5) is 0. The summed E-state index contributed by atoms with van der Waals surface area (Å²) in [6.45, 7) is 1.27. The highest BCUT2D eigenvalue weighted by molar-refractivity contribution is 7.80. The van der Waals surface area contributed by atoms with E-state index >= 15 is 0 Å². The summed E-state index contributed by atoms with van der Waals surface area (Å²) in [5.41, 5.74) is 2.23. The van der Waals surface area contributed by atoms with Gasteiger partial charge in [0, 0.05) is 17.8 Å². The SMILES string of the molecule is S=C(NCCc1ccccc1)Nc1nn(Cc2ccccc2Cl)cc1Cl. The summed E-state index contributed by atoms with van der Waals surface area (Å²) in [5, 5.41) is 12.3. The molecule has 1 heterocycles. The lowest BCUT2D eigenvalue weighted by Crippen LogP contribution is -2.30. The Balaban J connectivity index is 1.54. The van der Waals surface area contributed by atoms with Gasteiger partial charge in [0.15, 0.2) is 10.9 Å². The van der Waals surface area contributed by atoms with E-state index in [1.807, 2.05) is 42.5 Å². The van der Waals surface area contributed by atoms with Gasteiger partial charge in [-0.05, 0) is 35.8 Å². The van der Waals surface area contributed by atoms with Crippen LogP contribution in [-0.4, -0.2) is 21.4 Å². The van der Waals surface area contributed by atoms with Gasteiger partial charge >= 0.3 is 0 Å². The molecule has 0 fully saturated rings. The number of hydrogen-bond acceptors (Lipinski definition) is 2. The second-order valence-corrected chi connectivity index (χ2v) is 6.95. The van der Waals surface area contributed by atoms with Crippen LogP contribution >= 0.6 is 35.4 Å². The van der Waals surface area contributed by atoms with E-state index in [4.69, 9.17) is 35.4 Å². The number of benzene rings is 2. The first-order valence-corrected chi connectivity index (χ1v) is 9.33. The highest BCUT2D eigenvalue weighted by atomic mass is 35.5. The van der Waals surface area contributed by atoms with Gasteiger partial charge in [0.2, 0.25) is 0 Å².